The first kappa shape index (κ1) is 16.0. The molecule has 2 atom stereocenters. The standard InChI is InChI=1S/C14H26N2O3/c1-11-6-5-7-12(2)16(11)13(17)10-15(3)9-8-14(18)19-4/h11-12H,5-10H2,1-4H3. The van der Waals surface area contributed by atoms with Gasteiger partial charge in [0.15, 0.2) is 0 Å². The predicted octanol–water partition coefficient (Wildman–Crippen LogP) is 1.27. The summed E-state index contributed by atoms with van der Waals surface area (Å²) in [6.45, 7) is 5.14. The zero-order valence-electron chi connectivity index (χ0n) is 12.5. The minimum absolute atomic E-state index is 0.159. The van der Waals surface area contributed by atoms with Crippen molar-refractivity contribution >= 4 is 11.9 Å². The van der Waals surface area contributed by atoms with Gasteiger partial charge in [0.05, 0.1) is 20.1 Å². The fourth-order valence-electron chi connectivity index (χ4n) is 2.69. The van der Waals surface area contributed by atoms with Gasteiger partial charge in [-0.25, -0.2) is 0 Å². The molecule has 1 rings (SSSR count). The quantitative estimate of drug-likeness (QED) is 0.706. The van der Waals surface area contributed by atoms with E-state index in [1.165, 1.54) is 13.5 Å². The highest BCUT2D eigenvalue weighted by atomic mass is 16.5. The Kier molecular flexibility index (Phi) is 6.28. The van der Waals surface area contributed by atoms with E-state index in [2.05, 4.69) is 18.6 Å². The number of rotatable bonds is 5. The summed E-state index contributed by atoms with van der Waals surface area (Å²) in [7, 11) is 3.24. The van der Waals surface area contributed by atoms with Crippen molar-refractivity contribution in [1.29, 1.82) is 0 Å². The van der Waals surface area contributed by atoms with Crippen LogP contribution in [0.25, 0.3) is 0 Å². The minimum Gasteiger partial charge on any atom is -0.469 e. The molecule has 0 bridgehead atoms. The van der Waals surface area contributed by atoms with Gasteiger partial charge in [-0.15, -0.1) is 0 Å². The summed E-state index contributed by atoms with van der Waals surface area (Å²) >= 11 is 0. The van der Waals surface area contributed by atoms with Gasteiger partial charge < -0.3 is 9.64 Å². The third kappa shape index (κ3) is 4.82. The van der Waals surface area contributed by atoms with Gasteiger partial charge in [-0.3, -0.25) is 14.5 Å². The highest BCUT2D eigenvalue weighted by molar-refractivity contribution is 5.79. The SMILES string of the molecule is COC(=O)CCN(C)CC(=O)N1C(C)CCCC1C. The summed E-state index contributed by atoms with van der Waals surface area (Å²) in [5, 5.41) is 0. The first-order valence-electron chi connectivity index (χ1n) is 7.02. The molecule has 0 spiro atoms. The molecule has 1 amide bonds. The molecule has 1 aliphatic heterocycles. The molecular formula is C14H26N2O3. The van der Waals surface area contributed by atoms with Crippen LogP contribution in [0, 0.1) is 0 Å². The van der Waals surface area contributed by atoms with Crippen LogP contribution in [-0.4, -0.2) is 61.0 Å². The Morgan fingerprint density at radius 2 is 1.84 bits per heavy atom. The Morgan fingerprint density at radius 3 is 2.37 bits per heavy atom. The number of amides is 1. The first-order chi connectivity index (χ1) is 8.95. The van der Waals surface area contributed by atoms with Gasteiger partial charge >= 0.3 is 5.97 Å². The van der Waals surface area contributed by atoms with Crippen molar-refractivity contribution in [2.24, 2.45) is 0 Å². The summed E-state index contributed by atoms with van der Waals surface area (Å²) in [6, 6.07) is 0.649. The van der Waals surface area contributed by atoms with Crippen molar-refractivity contribution in [1.82, 2.24) is 9.80 Å². The molecule has 5 nitrogen and oxygen atoms in total. The molecule has 19 heavy (non-hydrogen) atoms. The van der Waals surface area contributed by atoms with Gasteiger partial charge in [-0.1, -0.05) is 0 Å². The summed E-state index contributed by atoms with van der Waals surface area (Å²) in [5.41, 5.74) is 0. The van der Waals surface area contributed by atoms with Crippen LogP contribution in [0.3, 0.4) is 0 Å². The molecule has 0 aromatic carbocycles. The lowest BCUT2D eigenvalue weighted by molar-refractivity contribution is -0.142. The van der Waals surface area contributed by atoms with E-state index in [0.29, 0.717) is 31.6 Å². The third-order valence-corrected chi connectivity index (χ3v) is 3.81. The fraction of sp³-hybridized carbons (Fsp3) is 0.857. The Morgan fingerprint density at radius 1 is 1.26 bits per heavy atom. The number of piperidine rings is 1. The molecule has 1 heterocycles. The van der Waals surface area contributed by atoms with Crippen LogP contribution in [0.1, 0.15) is 39.5 Å². The van der Waals surface area contributed by atoms with Gasteiger partial charge in [-0.2, -0.15) is 0 Å². The summed E-state index contributed by atoms with van der Waals surface area (Å²) in [5.74, 6) is -0.0777. The molecule has 1 fully saturated rings. The van der Waals surface area contributed by atoms with Crippen molar-refractivity contribution in [3.05, 3.63) is 0 Å². The number of likely N-dealkylation sites (N-methyl/N-ethyl adjacent to an activating group) is 1. The largest absolute Gasteiger partial charge is 0.469 e. The van der Waals surface area contributed by atoms with Crippen molar-refractivity contribution in [2.75, 3.05) is 27.2 Å². The Hall–Kier alpha value is -1.10. The van der Waals surface area contributed by atoms with Crippen LogP contribution < -0.4 is 0 Å². The second-order valence-corrected chi connectivity index (χ2v) is 5.49. The second kappa shape index (κ2) is 7.48. The number of likely N-dealkylation sites (tertiary alicyclic amines) is 1. The highest BCUT2D eigenvalue weighted by Gasteiger charge is 2.29. The van der Waals surface area contributed by atoms with E-state index in [1.807, 2.05) is 16.8 Å². The zero-order valence-corrected chi connectivity index (χ0v) is 12.5. The topological polar surface area (TPSA) is 49.9 Å². The van der Waals surface area contributed by atoms with E-state index >= 15 is 0 Å². The van der Waals surface area contributed by atoms with Crippen LogP contribution in [0.15, 0.2) is 0 Å². The van der Waals surface area contributed by atoms with Gasteiger partial charge in [0.2, 0.25) is 5.91 Å². The van der Waals surface area contributed by atoms with Crippen molar-refractivity contribution < 1.29 is 14.3 Å². The Bertz CT molecular complexity index is 310. The molecule has 2 unspecified atom stereocenters. The van der Waals surface area contributed by atoms with Crippen molar-refractivity contribution in [3.8, 4) is 0 Å². The molecule has 1 saturated heterocycles. The van der Waals surface area contributed by atoms with Crippen LogP contribution >= 0.6 is 0 Å². The molecule has 110 valence electrons. The number of hydrogen-bond acceptors (Lipinski definition) is 4. The third-order valence-electron chi connectivity index (χ3n) is 3.81. The molecule has 0 N–H and O–H groups in total. The van der Waals surface area contributed by atoms with Gasteiger partial charge in [0, 0.05) is 18.6 Å². The number of nitrogens with zero attached hydrogens (tertiary/aromatic N) is 2. The van der Waals surface area contributed by atoms with Crippen molar-refractivity contribution in [3.63, 3.8) is 0 Å². The maximum absolute atomic E-state index is 12.3. The second-order valence-electron chi connectivity index (χ2n) is 5.49. The van der Waals surface area contributed by atoms with E-state index < -0.39 is 0 Å². The van der Waals surface area contributed by atoms with Gasteiger partial charge in [0.1, 0.15) is 0 Å². The van der Waals surface area contributed by atoms with Crippen molar-refractivity contribution in [2.45, 2.75) is 51.6 Å². The molecule has 0 aliphatic carbocycles. The highest BCUT2D eigenvalue weighted by Crippen LogP contribution is 2.22. The molecule has 1 aliphatic rings. The molecule has 5 heteroatoms. The van der Waals surface area contributed by atoms with Crippen LogP contribution in [-0.2, 0) is 14.3 Å². The smallest absolute Gasteiger partial charge is 0.306 e. The Balaban J connectivity index is 2.42. The lowest BCUT2D eigenvalue weighted by Gasteiger charge is -2.39. The monoisotopic (exact) mass is 270 g/mol. The van der Waals surface area contributed by atoms with Crippen LogP contribution in [0.5, 0.6) is 0 Å². The average Bonchev–Trinajstić information content (AvgIpc) is 2.35. The van der Waals surface area contributed by atoms with Crippen LogP contribution in [0.4, 0.5) is 0 Å². The molecule has 0 aromatic heterocycles. The van der Waals surface area contributed by atoms with E-state index in [-0.39, 0.29) is 11.9 Å². The van der Waals surface area contributed by atoms with Crippen LogP contribution in [0.2, 0.25) is 0 Å². The Labute approximate surface area is 115 Å². The van der Waals surface area contributed by atoms with Gasteiger partial charge in [0.25, 0.3) is 0 Å². The zero-order chi connectivity index (χ0) is 14.4. The number of ether oxygens (including phenoxy) is 1. The lowest BCUT2D eigenvalue weighted by Crippen LogP contribution is -2.50. The molecule has 0 aromatic rings. The number of carbonyl (C=O) groups is 2. The van der Waals surface area contributed by atoms with E-state index in [4.69, 9.17) is 0 Å². The number of carbonyl (C=O) groups excluding carboxylic acids is 2. The first-order valence-corrected chi connectivity index (χ1v) is 7.02. The predicted molar refractivity (Wildman–Crippen MR) is 73.8 cm³/mol. The number of methoxy groups -OCH3 is 1. The summed E-state index contributed by atoms with van der Waals surface area (Å²) in [4.78, 5) is 27.3. The van der Waals surface area contributed by atoms with E-state index in [0.717, 1.165) is 12.8 Å². The molecular weight excluding hydrogens is 244 g/mol. The number of hydrogen-bond donors (Lipinski definition) is 0. The molecule has 0 saturated carbocycles. The van der Waals surface area contributed by atoms with E-state index in [1.54, 1.807) is 0 Å². The summed E-state index contributed by atoms with van der Waals surface area (Å²) in [6.07, 6.45) is 3.69. The fourth-order valence-corrected chi connectivity index (χ4v) is 2.69. The average molecular weight is 270 g/mol. The minimum atomic E-state index is -0.237. The normalized spacial score (nSPS) is 23.5. The van der Waals surface area contributed by atoms with E-state index in [9.17, 15) is 9.59 Å². The number of esters is 1. The van der Waals surface area contributed by atoms with Gasteiger partial charge in [-0.05, 0) is 40.2 Å². The lowest BCUT2D eigenvalue weighted by atomic mass is 9.97. The maximum atomic E-state index is 12.3. The maximum Gasteiger partial charge on any atom is 0.306 e. The molecule has 0 radical (unpaired) electrons. The summed E-state index contributed by atoms with van der Waals surface area (Å²) < 4.78 is 4.60.